The molecule has 0 saturated heterocycles. The van der Waals surface area contributed by atoms with Crippen LogP contribution in [0.1, 0.15) is 34.6 Å². The fourth-order valence-electron chi connectivity index (χ4n) is 2.42. The predicted octanol–water partition coefficient (Wildman–Crippen LogP) is 2.78. The zero-order valence-corrected chi connectivity index (χ0v) is 12.1. The van der Waals surface area contributed by atoms with Crippen LogP contribution in [0.5, 0.6) is 0 Å². The number of hydrogen-bond acceptors (Lipinski definition) is 3. The van der Waals surface area contributed by atoms with Crippen LogP contribution >= 0.6 is 0 Å². The molecule has 1 aliphatic rings. The van der Waals surface area contributed by atoms with E-state index >= 15 is 0 Å². The smallest absolute Gasteiger partial charge is 0.273 e. The van der Waals surface area contributed by atoms with E-state index in [1.54, 1.807) is 6.07 Å². The van der Waals surface area contributed by atoms with E-state index in [4.69, 9.17) is 5.73 Å². The molecular formula is C17H19N3O. The minimum absolute atomic E-state index is 0.00977. The standard InChI is InChI=1S/C17H19N3O/c1-12-5-4-8-16(19-12)17(21)20(14-9-10-14)11-13-6-2-3-7-15(13)18/h2-8,14H,9-11,18H2,1H3. The lowest BCUT2D eigenvalue weighted by Gasteiger charge is -2.23. The predicted molar refractivity (Wildman–Crippen MR) is 82.7 cm³/mol. The number of nitrogen functional groups attached to an aromatic ring is 1. The molecule has 1 saturated carbocycles. The monoisotopic (exact) mass is 281 g/mol. The number of hydrogen-bond donors (Lipinski definition) is 1. The summed E-state index contributed by atoms with van der Waals surface area (Å²) in [4.78, 5) is 19.0. The third-order valence-corrected chi connectivity index (χ3v) is 3.75. The quantitative estimate of drug-likeness (QED) is 0.877. The van der Waals surface area contributed by atoms with Gasteiger partial charge in [0.05, 0.1) is 0 Å². The van der Waals surface area contributed by atoms with Crippen LogP contribution in [0.2, 0.25) is 0 Å². The van der Waals surface area contributed by atoms with Crippen LogP contribution < -0.4 is 5.73 Å². The summed E-state index contributed by atoms with van der Waals surface area (Å²) in [6.45, 7) is 2.44. The van der Waals surface area contributed by atoms with E-state index < -0.39 is 0 Å². The van der Waals surface area contributed by atoms with Crippen molar-refractivity contribution in [1.82, 2.24) is 9.88 Å². The topological polar surface area (TPSA) is 59.2 Å². The van der Waals surface area contributed by atoms with E-state index in [0.717, 1.165) is 29.8 Å². The Balaban J connectivity index is 1.85. The molecule has 0 radical (unpaired) electrons. The molecule has 0 aliphatic heterocycles. The number of pyridine rings is 1. The molecule has 0 spiro atoms. The summed E-state index contributed by atoms with van der Waals surface area (Å²) in [6.07, 6.45) is 2.12. The van der Waals surface area contributed by atoms with Gasteiger partial charge in [0.1, 0.15) is 5.69 Å². The van der Waals surface area contributed by atoms with Crippen molar-refractivity contribution in [1.29, 1.82) is 0 Å². The maximum atomic E-state index is 12.7. The summed E-state index contributed by atoms with van der Waals surface area (Å²) in [5, 5.41) is 0. The van der Waals surface area contributed by atoms with Crippen molar-refractivity contribution in [2.75, 3.05) is 5.73 Å². The molecule has 108 valence electrons. The van der Waals surface area contributed by atoms with Gasteiger partial charge in [-0.1, -0.05) is 24.3 Å². The Bertz CT molecular complexity index is 665. The Labute approximate surface area is 124 Å². The first kappa shape index (κ1) is 13.6. The van der Waals surface area contributed by atoms with Gasteiger partial charge in [0.15, 0.2) is 0 Å². The Hall–Kier alpha value is -2.36. The van der Waals surface area contributed by atoms with Gasteiger partial charge in [0.25, 0.3) is 5.91 Å². The van der Waals surface area contributed by atoms with Crippen molar-refractivity contribution < 1.29 is 4.79 Å². The Morgan fingerprint density at radius 3 is 2.67 bits per heavy atom. The maximum absolute atomic E-state index is 12.7. The number of benzene rings is 1. The second-order valence-electron chi connectivity index (χ2n) is 5.53. The number of para-hydroxylation sites is 1. The van der Waals surface area contributed by atoms with Gasteiger partial charge in [0, 0.05) is 24.0 Å². The third-order valence-electron chi connectivity index (χ3n) is 3.75. The zero-order valence-electron chi connectivity index (χ0n) is 12.1. The lowest BCUT2D eigenvalue weighted by atomic mass is 10.1. The van der Waals surface area contributed by atoms with E-state index in [2.05, 4.69) is 4.98 Å². The number of rotatable bonds is 4. The normalized spacial score (nSPS) is 14.0. The molecular weight excluding hydrogens is 262 g/mol. The van der Waals surface area contributed by atoms with Gasteiger partial charge in [-0.2, -0.15) is 0 Å². The number of carbonyl (C=O) groups excluding carboxylic acids is 1. The molecule has 3 rings (SSSR count). The van der Waals surface area contributed by atoms with E-state index in [1.165, 1.54) is 0 Å². The van der Waals surface area contributed by atoms with Gasteiger partial charge in [-0.15, -0.1) is 0 Å². The SMILES string of the molecule is Cc1cccc(C(=O)N(Cc2ccccc2N)C2CC2)n1. The van der Waals surface area contributed by atoms with Crippen LogP contribution in [0.25, 0.3) is 0 Å². The van der Waals surface area contributed by atoms with Crippen LogP contribution in [0.4, 0.5) is 5.69 Å². The fourth-order valence-corrected chi connectivity index (χ4v) is 2.42. The van der Waals surface area contributed by atoms with Crippen LogP contribution in [-0.2, 0) is 6.54 Å². The summed E-state index contributed by atoms with van der Waals surface area (Å²) < 4.78 is 0. The molecule has 1 fully saturated rings. The van der Waals surface area contributed by atoms with Gasteiger partial charge < -0.3 is 10.6 Å². The minimum Gasteiger partial charge on any atom is -0.398 e. The third kappa shape index (κ3) is 3.05. The Kier molecular flexibility index (Phi) is 3.60. The number of aromatic nitrogens is 1. The van der Waals surface area contributed by atoms with Crippen molar-refractivity contribution in [3.05, 3.63) is 59.4 Å². The highest BCUT2D eigenvalue weighted by Gasteiger charge is 2.33. The van der Waals surface area contributed by atoms with Gasteiger partial charge >= 0.3 is 0 Å². The first-order valence-corrected chi connectivity index (χ1v) is 7.23. The maximum Gasteiger partial charge on any atom is 0.273 e. The van der Waals surface area contributed by atoms with E-state index in [1.807, 2.05) is 48.2 Å². The van der Waals surface area contributed by atoms with Crippen LogP contribution in [0.15, 0.2) is 42.5 Å². The lowest BCUT2D eigenvalue weighted by molar-refractivity contribution is 0.0724. The highest BCUT2D eigenvalue weighted by atomic mass is 16.2. The average molecular weight is 281 g/mol. The summed E-state index contributed by atoms with van der Waals surface area (Å²) in [5.74, 6) is -0.00977. The Morgan fingerprint density at radius 1 is 1.24 bits per heavy atom. The minimum atomic E-state index is -0.00977. The van der Waals surface area contributed by atoms with Gasteiger partial charge in [-0.05, 0) is 43.5 Å². The zero-order chi connectivity index (χ0) is 14.8. The number of nitrogens with two attached hydrogens (primary N) is 1. The van der Waals surface area contributed by atoms with E-state index in [9.17, 15) is 4.79 Å². The number of carbonyl (C=O) groups is 1. The lowest BCUT2D eigenvalue weighted by Crippen LogP contribution is -2.33. The molecule has 1 aromatic heterocycles. The molecule has 2 N–H and O–H groups in total. The average Bonchev–Trinajstić information content (AvgIpc) is 3.30. The second kappa shape index (κ2) is 5.56. The van der Waals surface area contributed by atoms with Crippen LogP contribution in [0.3, 0.4) is 0 Å². The second-order valence-corrected chi connectivity index (χ2v) is 5.53. The number of aryl methyl sites for hydroxylation is 1. The number of amides is 1. The largest absolute Gasteiger partial charge is 0.398 e. The summed E-state index contributed by atoms with van der Waals surface area (Å²) >= 11 is 0. The van der Waals surface area contributed by atoms with Crippen molar-refractivity contribution >= 4 is 11.6 Å². The van der Waals surface area contributed by atoms with E-state index in [0.29, 0.717) is 18.3 Å². The van der Waals surface area contributed by atoms with Crippen molar-refractivity contribution in [2.24, 2.45) is 0 Å². The molecule has 1 heterocycles. The molecule has 0 bridgehead atoms. The highest BCUT2D eigenvalue weighted by molar-refractivity contribution is 5.92. The molecule has 4 nitrogen and oxygen atoms in total. The molecule has 4 heteroatoms. The molecule has 1 aliphatic carbocycles. The molecule has 2 aromatic rings. The molecule has 0 unspecified atom stereocenters. The van der Waals surface area contributed by atoms with Crippen molar-refractivity contribution in [3.8, 4) is 0 Å². The highest BCUT2D eigenvalue weighted by Crippen LogP contribution is 2.30. The molecule has 1 amide bonds. The first-order chi connectivity index (χ1) is 10.1. The Morgan fingerprint density at radius 2 is 2.00 bits per heavy atom. The summed E-state index contributed by atoms with van der Waals surface area (Å²) in [5.41, 5.74) is 9.09. The number of anilines is 1. The molecule has 1 aromatic carbocycles. The van der Waals surface area contributed by atoms with Gasteiger partial charge in [0.2, 0.25) is 0 Å². The summed E-state index contributed by atoms with van der Waals surface area (Å²) in [7, 11) is 0. The van der Waals surface area contributed by atoms with Crippen LogP contribution in [0, 0.1) is 6.92 Å². The fraction of sp³-hybridized carbons (Fsp3) is 0.294. The van der Waals surface area contributed by atoms with Gasteiger partial charge in [-0.3, -0.25) is 4.79 Å². The van der Waals surface area contributed by atoms with Crippen molar-refractivity contribution in [3.63, 3.8) is 0 Å². The summed E-state index contributed by atoms with van der Waals surface area (Å²) in [6, 6.07) is 13.6. The first-order valence-electron chi connectivity index (χ1n) is 7.23. The van der Waals surface area contributed by atoms with Crippen molar-refractivity contribution in [2.45, 2.75) is 32.4 Å². The molecule has 0 atom stereocenters. The van der Waals surface area contributed by atoms with Gasteiger partial charge in [-0.25, -0.2) is 4.98 Å². The van der Waals surface area contributed by atoms with Crippen LogP contribution in [-0.4, -0.2) is 21.8 Å². The van der Waals surface area contributed by atoms with E-state index in [-0.39, 0.29) is 5.91 Å². The molecule has 21 heavy (non-hydrogen) atoms. The number of nitrogens with zero attached hydrogens (tertiary/aromatic N) is 2.